The fraction of sp³-hybridized carbons (Fsp3) is 0.727. The molecule has 1 aromatic heterocycles. The van der Waals surface area contributed by atoms with Crippen LogP contribution in [0.15, 0.2) is 18.7 Å². The number of aromatic nitrogens is 2. The minimum Gasteiger partial charge on any atom is -0.287 e. The number of phosphoric ester groups is 1. The third-order valence-corrected chi connectivity index (χ3v) is 3.86. The van der Waals surface area contributed by atoms with Crippen molar-refractivity contribution in [2.75, 3.05) is 19.8 Å². The van der Waals surface area contributed by atoms with E-state index in [-0.39, 0.29) is 0 Å². The molecule has 0 aromatic carbocycles. The van der Waals surface area contributed by atoms with Crippen LogP contribution in [0.3, 0.4) is 0 Å². The van der Waals surface area contributed by atoms with Gasteiger partial charge in [-0.25, -0.2) is 13.7 Å². The molecule has 0 saturated heterocycles. The van der Waals surface area contributed by atoms with E-state index in [9.17, 15) is 4.57 Å². The van der Waals surface area contributed by atoms with Crippen LogP contribution in [-0.2, 0) is 31.7 Å². The van der Waals surface area contributed by atoms with Crippen molar-refractivity contribution >= 4 is 7.82 Å². The number of aryl methyl sites for hydroxylation is 2. The third kappa shape index (κ3) is 5.31. The SMILES string of the molecule is CCOP(=O)(OCC)OCCCn1cc[n+](C)c1. The molecule has 0 bridgehead atoms. The van der Waals surface area contributed by atoms with Crippen LogP contribution >= 0.6 is 7.82 Å². The number of rotatable bonds is 9. The molecule has 0 atom stereocenters. The van der Waals surface area contributed by atoms with Gasteiger partial charge in [0.15, 0.2) is 0 Å². The molecule has 0 spiro atoms. The molecule has 0 aliphatic carbocycles. The minimum absolute atomic E-state index is 0.310. The van der Waals surface area contributed by atoms with Gasteiger partial charge < -0.3 is 0 Å². The van der Waals surface area contributed by atoms with E-state index in [2.05, 4.69) is 0 Å². The highest BCUT2D eigenvalue weighted by molar-refractivity contribution is 7.48. The number of nitrogens with zero attached hydrogens (tertiary/aromatic N) is 2. The van der Waals surface area contributed by atoms with E-state index in [1.807, 2.05) is 34.9 Å². The highest BCUT2D eigenvalue weighted by Crippen LogP contribution is 2.49. The van der Waals surface area contributed by atoms with Gasteiger partial charge in [-0.2, -0.15) is 0 Å². The van der Waals surface area contributed by atoms with Crippen molar-refractivity contribution in [1.82, 2.24) is 4.57 Å². The largest absolute Gasteiger partial charge is 0.474 e. The summed E-state index contributed by atoms with van der Waals surface area (Å²) in [4.78, 5) is 0. The van der Waals surface area contributed by atoms with E-state index in [1.54, 1.807) is 13.8 Å². The smallest absolute Gasteiger partial charge is 0.287 e. The highest BCUT2D eigenvalue weighted by atomic mass is 31.2. The fourth-order valence-electron chi connectivity index (χ4n) is 1.49. The van der Waals surface area contributed by atoms with Gasteiger partial charge in [0.2, 0.25) is 6.33 Å². The Bertz CT molecular complexity index is 384. The summed E-state index contributed by atoms with van der Waals surface area (Å²) in [5.41, 5.74) is 0. The van der Waals surface area contributed by atoms with Crippen molar-refractivity contribution in [3.05, 3.63) is 18.7 Å². The fourth-order valence-corrected chi connectivity index (χ4v) is 2.69. The van der Waals surface area contributed by atoms with Crippen molar-refractivity contribution in [3.63, 3.8) is 0 Å². The number of hydrogen-bond donors (Lipinski definition) is 0. The minimum atomic E-state index is -3.35. The predicted molar refractivity (Wildman–Crippen MR) is 67.0 cm³/mol. The number of imidazole rings is 1. The normalized spacial score (nSPS) is 11.9. The maximum atomic E-state index is 12.0. The Balaban J connectivity index is 2.28. The van der Waals surface area contributed by atoms with E-state index >= 15 is 0 Å². The predicted octanol–water partition coefficient (Wildman–Crippen LogP) is 1.90. The lowest BCUT2D eigenvalue weighted by molar-refractivity contribution is -0.671. The van der Waals surface area contributed by atoms with Crippen molar-refractivity contribution < 1.29 is 22.7 Å². The Morgan fingerprint density at radius 2 is 1.89 bits per heavy atom. The second-order valence-corrected chi connectivity index (χ2v) is 5.46. The Morgan fingerprint density at radius 3 is 2.39 bits per heavy atom. The van der Waals surface area contributed by atoms with Crippen molar-refractivity contribution in [3.8, 4) is 0 Å². The lowest BCUT2D eigenvalue weighted by Gasteiger charge is -2.15. The molecule has 18 heavy (non-hydrogen) atoms. The summed E-state index contributed by atoms with van der Waals surface area (Å²) in [7, 11) is -1.39. The molecule has 104 valence electrons. The zero-order valence-corrected chi connectivity index (χ0v) is 12.1. The van der Waals surface area contributed by atoms with Crippen LogP contribution < -0.4 is 4.57 Å². The van der Waals surface area contributed by atoms with Crippen molar-refractivity contribution in [1.29, 1.82) is 0 Å². The molecule has 7 heteroatoms. The average Bonchev–Trinajstić information content (AvgIpc) is 2.71. The molecule has 1 rings (SSSR count). The first-order chi connectivity index (χ1) is 8.59. The van der Waals surface area contributed by atoms with E-state index < -0.39 is 7.82 Å². The van der Waals surface area contributed by atoms with Gasteiger partial charge in [-0.3, -0.25) is 13.6 Å². The second-order valence-electron chi connectivity index (χ2n) is 3.79. The van der Waals surface area contributed by atoms with E-state index in [0.29, 0.717) is 19.8 Å². The molecule has 6 nitrogen and oxygen atoms in total. The Labute approximate surface area is 108 Å². The number of phosphoric acid groups is 1. The summed E-state index contributed by atoms with van der Waals surface area (Å²) in [6.45, 7) is 5.29. The zero-order valence-electron chi connectivity index (χ0n) is 11.2. The summed E-state index contributed by atoms with van der Waals surface area (Å²) in [5.74, 6) is 0. The standard InChI is InChI=1S/C11H22N2O4P/c1-4-15-18(14,16-5-2)17-10-6-7-13-9-8-12(3)11-13/h8-9,11H,4-7,10H2,1-3H3/q+1. The molecule has 0 amide bonds. The second kappa shape index (κ2) is 7.69. The molecule has 1 aromatic rings. The lowest BCUT2D eigenvalue weighted by atomic mass is 10.4. The molecule has 0 radical (unpaired) electrons. The first-order valence-corrected chi connectivity index (χ1v) is 7.60. The molecular weight excluding hydrogens is 255 g/mol. The van der Waals surface area contributed by atoms with Gasteiger partial charge in [-0.1, -0.05) is 0 Å². The summed E-state index contributed by atoms with van der Waals surface area (Å²) in [5, 5.41) is 0. The van der Waals surface area contributed by atoms with E-state index in [1.165, 1.54) is 0 Å². The maximum Gasteiger partial charge on any atom is 0.474 e. The molecule has 1 heterocycles. The van der Waals surface area contributed by atoms with Gasteiger partial charge in [0.25, 0.3) is 0 Å². The van der Waals surface area contributed by atoms with Gasteiger partial charge in [-0.05, 0) is 13.8 Å². The van der Waals surface area contributed by atoms with Crippen LogP contribution in [0.1, 0.15) is 20.3 Å². The van der Waals surface area contributed by atoms with Crippen LogP contribution in [0, 0.1) is 0 Å². The summed E-state index contributed by atoms with van der Waals surface area (Å²) < 4.78 is 31.2. The topological polar surface area (TPSA) is 53.6 Å². The lowest BCUT2D eigenvalue weighted by Crippen LogP contribution is -2.23. The summed E-state index contributed by atoms with van der Waals surface area (Å²) in [6.07, 6.45) is 6.67. The quantitative estimate of drug-likeness (QED) is 0.393. The van der Waals surface area contributed by atoms with Gasteiger partial charge in [0.1, 0.15) is 12.4 Å². The Hall–Kier alpha value is -0.680. The summed E-state index contributed by atoms with van der Waals surface area (Å²) in [6, 6.07) is 0. The Morgan fingerprint density at radius 1 is 1.22 bits per heavy atom. The molecule has 0 fully saturated rings. The third-order valence-electron chi connectivity index (χ3n) is 2.21. The number of hydrogen-bond acceptors (Lipinski definition) is 4. The summed E-state index contributed by atoms with van der Waals surface area (Å²) >= 11 is 0. The van der Waals surface area contributed by atoms with E-state index in [0.717, 1.165) is 13.0 Å². The molecule has 0 N–H and O–H groups in total. The van der Waals surface area contributed by atoms with Gasteiger partial charge in [0.05, 0.1) is 33.4 Å². The highest BCUT2D eigenvalue weighted by Gasteiger charge is 2.24. The van der Waals surface area contributed by atoms with Gasteiger partial charge in [0, 0.05) is 6.42 Å². The molecular formula is C11H22N2O4P+. The van der Waals surface area contributed by atoms with Crippen LogP contribution in [0.2, 0.25) is 0 Å². The van der Waals surface area contributed by atoms with Crippen LogP contribution in [0.5, 0.6) is 0 Å². The monoisotopic (exact) mass is 277 g/mol. The zero-order chi connectivity index (χ0) is 13.4. The average molecular weight is 277 g/mol. The Kier molecular flexibility index (Phi) is 6.57. The molecule has 0 saturated carbocycles. The molecule has 0 aliphatic heterocycles. The molecule has 0 unspecified atom stereocenters. The van der Waals surface area contributed by atoms with Crippen molar-refractivity contribution in [2.45, 2.75) is 26.8 Å². The van der Waals surface area contributed by atoms with Crippen LogP contribution in [0.25, 0.3) is 0 Å². The van der Waals surface area contributed by atoms with Gasteiger partial charge >= 0.3 is 7.82 Å². The van der Waals surface area contributed by atoms with Crippen LogP contribution in [-0.4, -0.2) is 24.4 Å². The van der Waals surface area contributed by atoms with Crippen LogP contribution in [0.4, 0.5) is 0 Å². The van der Waals surface area contributed by atoms with E-state index in [4.69, 9.17) is 13.6 Å². The van der Waals surface area contributed by atoms with Gasteiger partial charge in [-0.15, -0.1) is 0 Å². The first kappa shape index (κ1) is 15.4. The van der Waals surface area contributed by atoms with Crippen molar-refractivity contribution in [2.24, 2.45) is 7.05 Å². The maximum absolute atomic E-state index is 12.0. The first-order valence-electron chi connectivity index (χ1n) is 6.14. The molecule has 0 aliphatic rings.